The SMILES string of the molecule is O=C(NC1CCCC1)/C(=C/c1ccccc1)NC(=O)c1ccccc1. The molecule has 1 fully saturated rings. The van der Waals surface area contributed by atoms with Crippen molar-refractivity contribution >= 4 is 17.9 Å². The zero-order chi connectivity index (χ0) is 17.5. The van der Waals surface area contributed by atoms with Crippen LogP contribution in [0.15, 0.2) is 66.4 Å². The predicted octanol–water partition coefficient (Wildman–Crippen LogP) is 3.52. The van der Waals surface area contributed by atoms with Crippen molar-refractivity contribution in [3.8, 4) is 0 Å². The van der Waals surface area contributed by atoms with Gasteiger partial charge in [0.05, 0.1) is 0 Å². The minimum atomic E-state index is -0.288. The van der Waals surface area contributed by atoms with Crippen LogP contribution in [0.4, 0.5) is 0 Å². The number of hydrogen-bond donors (Lipinski definition) is 2. The van der Waals surface area contributed by atoms with E-state index in [1.54, 1.807) is 30.3 Å². The lowest BCUT2D eigenvalue weighted by Gasteiger charge is -2.15. The molecule has 0 bridgehead atoms. The van der Waals surface area contributed by atoms with Crippen molar-refractivity contribution in [2.24, 2.45) is 0 Å². The van der Waals surface area contributed by atoms with Gasteiger partial charge in [0.25, 0.3) is 11.8 Å². The minimum Gasteiger partial charge on any atom is -0.348 e. The maximum absolute atomic E-state index is 12.7. The van der Waals surface area contributed by atoms with Crippen molar-refractivity contribution in [2.75, 3.05) is 0 Å². The first kappa shape index (κ1) is 17.0. The van der Waals surface area contributed by atoms with Crippen molar-refractivity contribution in [1.82, 2.24) is 10.6 Å². The number of hydrogen-bond acceptors (Lipinski definition) is 2. The van der Waals surface area contributed by atoms with Crippen molar-refractivity contribution in [1.29, 1.82) is 0 Å². The molecule has 1 saturated carbocycles. The first-order chi connectivity index (χ1) is 12.2. The molecule has 1 aliphatic carbocycles. The molecule has 0 spiro atoms. The van der Waals surface area contributed by atoms with Crippen LogP contribution in [0.5, 0.6) is 0 Å². The van der Waals surface area contributed by atoms with Gasteiger partial charge in [0, 0.05) is 11.6 Å². The highest BCUT2D eigenvalue weighted by Crippen LogP contribution is 2.18. The molecule has 4 heteroatoms. The third-order valence-electron chi connectivity index (χ3n) is 4.33. The molecule has 0 unspecified atom stereocenters. The monoisotopic (exact) mass is 334 g/mol. The van der Waals surface area contributed by atoms with Crippen LogP contribution < -0.4 is 10.6 Å². The summed E-state index contributed by atoms with van der Waals surface area (Å²) in [6.45, 7) is 0. The lowest BCUT2D eigenvalue weighted by atomic mass is 10.1. The first-order valence-corrected chi connectivity index (χ1v) is 8.66. The molecule has 4 nitrogen and oxygen atoms in total. The summed E-state index contributed by atoms with van der Waals surface area (Å²) in [5.74, 6) is -0.524. The molecule has 2 N–H and O–H groups in total. The average molecular weight is 334 g/mol. The topological polar surface area (TPSA) is 58.2 Å². The third kappa shape index (κ3) is 4.80. The molecule has 0 heterocycles. The highest BCUT2D eigenvalue weighted by atomic mass is 16.2. The first-order valence-electron chi connectivity index (χ1n) is 8.66. The Morgan fingerprint density at radius 3 is 2.12 bits per heavy atom. The Balaban J connectivity index is 1.79. The summed E-state index contributed by atoms with van der Waals surface area (Å²) in [6, 6.07) is 18.6. The standard InChI is InChI=1S/C21H22N2O2/c24-20(17-11-5-2-6-12-17)23-19(15-16-9-3-1-4-10-16)21(25)22-18-13-7-8-14-18/h1-6,9-12,15,18H,7-8,13-14H2,(H,22,25)(H,23,24)/b19-15-. The molecule has 1 aliphatic rings. The average Bonchev–Trinajstić information content (AvgIpc) is 3.15. The van der Waals surface area contributed by atoms with Crippen LogP contribution in [0.3, 0.4) is 0 Å². The number of rotatable bonds is 5. The van der Waals surface area contributed by atoms with Crippen molar-refractivity contribution in [2.45, 2.75) is 31.7 Å². The van der Waals surface area contributed by atoms with Crippen LogP contribution in [0.1, 0.15) is 41.6 Å². The molecule has 0 saturated heterocycles. The van der Waals surface area contributed by atoms with Gasteiger partial charge in [-0.25, -0.2) is 0 Å². The van der Waals surface area contributed by atoms with Crippen LogP contribution in [-0.4, -0.2) is 17.9 Å². The van der Waals surface area contributed by atoms with E-state index in [0.29, 0.717) is 5.56 Å². The summed E-state index contributed by atoms with van der Waals surface area (Å²) in [4.78, 5) is 25.1. The van der Waals surface area contributed by atoms with Gasteiger partial charge in [-0.05, 0) is 36.6 Å². The Labute approximate surface area is 148 Å². The second-order valence-electron chi connectivity index (χ2n) is 6.24. The minimum absolute atomic E-state index is 0.195. The van der Waals surface area contributed by atoms with Gasteiger partial charge in [0.2, 0.25) is 0 Å². The van der Waals surface area contributed by atoms with Crippen molar-refractivity contribution < 1.29 is 9.59 Å². The van der Waals surface area contributed by atoms with Crippen LogP contribution in [-0.2, 0) is 4.79 Å². The molecule has 2 amide bonds. The molecular formula is C21H22N2O2. The fraction of sp³-hybridized carbons (Fsp3) is 0.238. The van der Waals surface area contributed by atoms with Gasteiger partial charge in [-0.3, -0.25) is 9.59 Å². The van der Waals surface area contributed by atoms with Crippen LogP contribution in [0, 0.1) is 0 Å². The maximum Gasteiger partial charge on any atom is 0.268 e. The highest BCUT2D eigenvalue weighted by Gasteiger charge is 2.20. The molecule has 2 aromatic rings. The number of nitrogens with one attached hydrogen (secondary N) is 2. The number of benzene rings is 2. The van der Waals surface area contributed by atoms with Gasteiger partial charge >= 0.3 is 0 Å². The molecule has 0 aromatic heterocycles. The van der Waals surface area contributed by atoms with Gasteiger partial charge in [0.15, 0.2) is 0 Å². The maximum atomic E-state index is 12.7. The van der Waals surface area contributed by atoms with Gasteiger partial charge in [-0.2, -0.15) is 0 Å². The summed E-state index contributed by atoms with van der Waals surface area (Å²) >= 11 is 0. The molecule has 0 aliphatic heterocycles. The fourth-order valence-electron chi connectivity index (χ4n) is 2.99. The molecule has 2 aromatic carbocycles. The Morgan fingerprint density at radius 1 is 0.880 bits per heavy atom. The quantitative estimate of drug-likeness (QED) is 0.822. The second kappa shape index (κ2) is 8.29. The van der Waals surface area contributed by atoms with Gasteiger partial charge in [-0.15, -0.1) is 0 Å². The Kier molecular flexibility index (Phi) is 5.62. The summed E-state index contributed by atoms with van der Waals surface area (Å²) in [7, 11) is 0. The van der Waals surface area contributed by atoms with E-state index in [0.717, 1.165) is 31.2 Å². The zero-order valence-corrected chi connectivity index (χ0v) is 14.1. The van der Waals surface area contributed by atoms with E-state index in [1.807, 2.05) is 36.4 Å². The lowest BCUT2D eigenvalue weighted by molar-refractivity contribution is -0.118. The van der Waals surface area contributed by atoms with E-state index in [9.17, 15) is 9.59 Å². The third-order valence-corrected chi connectivity index (χ3v) is 4.33. The van der Waals surface area contributed by atoms with Crippen molar-refractivity contribution in [3.63, 3.8) is 0 Å². The smallest absolute Gasteiger partial charge is 0.268 e. The van der Waals surface area contributed by atoms with Gasteiger partial charge in [0.1, 0.15) is 5.70 Å². The molecule has 0 atom stereocenters. The molecule has 0 radical (unpaired) electrons. The fourth-order valence-corrected chi connectivity index (χ4v) is 2.99. The molecule has 128 valence electrons. The summed E-state index contributed by atoms with van der Waals surface area (Å²) in [6.07, 6.45) is 5.98. The van der Waals surface area contributed by atoms with Crippen molar-refractivity contribution in [3.05, 3.63) is 77.5 Å². The van der Waals surface area contributed by atoms with Crippen LogP contribution in [0.25, 0.3) is 6.08 Å². The van der Waals surface area contributed by atoms with Crippen LogP contribution >= 0.6 is 0 Å². The molecule has 3 rings (SSSR count). The summed E-state index contributed by atoms with van der Waals surface area (Å²) < 4.78 is 0. The van der Waals surface area contributed by atoms with E-state index in [4.69, 9.17) is 0 Å². The van der Waals surface area contributed by atoms with E-state index >= 15 is 0 Å². The number of carbonyl (C=O) groups is 2. The normalized spacial score (nSPS) is 15.0. The number of carbonyl (C=O) groups excluding carboxylic acids is 2. The number of amides is 2. The molecule has 25 heavy (non-hydrogen) atoms. The Hall–Kier alpha value is -2.88. The lowest BCUT2D eigenvalue weighted by Crippen LogP contribution is -2.39. The zero-order valence-electron chi connectivity index (χ0n) is 14.1. The largest absolute Gasteiger partial charge is 0.348 e. The van der Waals surface area contributed by atoms with Crippen LogP contribution in [0.2, 0.25) is 0 Å². The summed E-state index contributed by atoms with van der Waals surface area (Å²) in [5, 5.41) is 5.80. The molecular weight excluding hydrogens is 312 g/mol. The van der Waals surface area contributed by atoms with E-state index in [-0.39, 0.29) is 23.6 Å². The predicted molar refractivity (Wildman–Crippen MR) is 98.7 cm³/mol. The Morgan fingerprint density at radius 2 is 1.48 bits per heavy atom. The highest BCUT2D eigenvalue weighted by molar-refractivity contribution is 6.05. The summed E-state index contributed by atoms with van der Waals surface area (Å²) in [5.41, 5.74) is 1.66. The van der Waals surface area contributed by atoms with Gasteiger partial charge in [-0.1, -0.05) is 61.4 Å². The van der Waals surface area contributed by atoms with Gasteiger partial charge < -0.3 is 10.6 Å². The second-order valence-corrected chi connectivity index (χ2v) is 6.24. The van der Waals surface area contributed by atoms with E-state index in [2.05, 4.69) is 10.6 Å². The van der Waals surface area contributed by atoms with E-state index in [1.165, 1.54) is 0 Å². The Bertz CT molecular complexity index is 748. The van der Waals surface area contributed by atoms with E-state index < -0.39 is 0 Å².